The summed E-state index contributed by atoms with van der Waals surface area (Å²) in [5.41, 5.74) is 0.643. The van der Waals surface area contributed by atoms with Gasteiger partial charge in [-0.25, -0.2) is 0 Å². The van der Waals surface area contributed by atoms with Crippen LogP contribution in [0, 0.1) is 11.3 Å². The molecule has 0 atom stereocenters. The first-order valence-electron chi connectivity index (χ1n) is 7.11. The molecule has 0 unspecified atom stereocenters. The molecule has 2 aromatic rings. The molecular weight excluding hydrogens is 337 g/mol. The number of nitrogens with zero attached hydrogens (tertiary/aromatic N) is 1. The lowest BCUT2D eigenvalue weighted by Crippen LogP contribution is -2.29. The number of alkyl halides is 3. The van der Waals surface area contributed by atoms with Crippen LogP contribution >= 0.6 is 0 Å². The molecule has 1 N–H and O–H groups in total. The van der Waals surface area contributed by atoms with Crippen LogP contribution in [-0.4, -0.2) is 18.9 Å². The average Bonchev–Trinajstić information content (AvgIpc) is 2.58. The van der Waals surface area contributed by atoms with Gasteiger partial charge in [0.15, 0.2) is 6.61 Å². The molecule has 0 radical (unpaired) electrons. The Kier molecular flexibility index (Phi) is 5.84. The number of ether oxygens (including phenoxy) is 2. The highest BCUT2D eigenvalue weighted by atomic mass is 19.4. The minimum atomic E-state index is -4.81. The summed E-state index contributed by atoms with van der Waals surface area (Å²) in [6.45, 7) is -0.448. The molecule has 8 heteroatoms. The van der Waals surface area contributed by atoms with E-state index in [1.807, 2.05) is 6.07 Å². The van der Waals surface area contributed by atoms with E-state index >= 15 is 0 Å². The molecule has 25 heavy (non-hydrogen) atoms. The number of carbonyl (C=O) groups excluding carboxylic acids is 1. The van der Waals surface area contributed by atoms with Gasteiger partial charge in [-0.15, -0.1) is 13.2 Å². The third kappa shape index (κ3) is 6.06. The van der Waals surface area contributed by atoms with Crippen molar-refractivity contribution in [1.29, 1.82) is 5.26 Å². The Balaban J connectivity index is 1.86. The molecule has 0 saturated carbocycles. The van der Waals surface area contributed by atoms with Crippen LogP contribution in [0.25, 0.3) is 0 Å². The lowest BCUT2D eigenvalue weighted by Gasteiger charge is -2.13. The summed E-state index contributed by atoms with van der Waals surface area (Å²) in [4.78, 5) is 11.8. The molecule has 0 aliphatic carbocycles. The smallest absolute Gasteiger partial charge is 0.484 e. The number of hydrogen-bond donors (Lipinski definition) is 1. The van der Waals surface area contributed by atoms with E-state index in [1.54, 1.807) is 0 Å². The van der Waals surface area contributed by atoms with E-state index in [9.17, 15) is 18.0 Å². The number of hydrogen-bond acceptors (Lipinski definition) is 4. The number of amides is 1. The monoisotopic (exact) mass is 350 g/mol. The van der Waals surface area contributed by atoms with Gasteiger partial charge in [-0.2, -0.15) is 5.26 Å². The van der Waals surface area contributed by atoms with Gasteiger partial charge in [-0.1, -0.05) is 18.2 Å². The maximum atomic E-state index is 12.3. The fraction of sp³-hybridized carbons (Fsp3) is 0.176. The molecule has 0 fully saturated rings. The van der Waals surface area contributed by atoms with Crippen molar-refractivity contribution in [3.63, 3.8) is 0 Å². The van der Waals surface area contributed by atoms with E-state index in [4.69, 9.17) is 10.00 Å². The Morgan fingerprint density at radius 2 is 1.80 bits per heavy atom. The van der Waals surface area contributed by atoms with Crippen molar-refractivity contribution in [3.8, 4) is 17.6 Å². The summed E-state index contributed by atoms with van der Waals surface area (Å²) >= 11 is 0. The average molecular weight is 350 g/mol. The molecule has 5 nitrogen and oxygen atoms in total. The largest absolute Gasteiger partial charge is 0.573 e. The van der Waals surface area contributed by atoms with Crippen molar-refractivity contribution in [2.24, 2.45) is 0 Å². The van der Waals surface area contributed by atoms with Gasteiger partial charge in [0, 0.05) is 12.1 Å². The Morgan fingerprint density at radius 1 is 1.12 bits per heavy atom. The van der Waals surface area contributed by atoms with Gasteiger partial charge >= 0.3 is 6.36 Å². The lowest BCUT2D eigenvalue weighted by atomic mass is 10.2. The third-order valence-corrected chi connectivity index (χ3v) is 3.03. The van der Waals surface area contributed by atoms with Crippen molar-refractivity contribution in [2.75, 3.05) is 6.61 Å². The van der Waals surface area contributed by atoms with E-state index in [2.05, 4.69) is 10.1 Å². The molecule has 0 aliphatic heterocycles. The van der Waals surface area contributed by atoms with Crippen LogP contribution in [0.3, 0.4) is 0 Å². The molecule has 0 aromatic heterocycles. The zero-order valence-corrected chi connectivity index (χ0v) is 12.8. The number of nitrogens with one attached hydrogen (secondary N) is 1. The molecule has 0 heterocycles. The van der Waals surface area contributed by atoms with Gasteiger partial charge in [0.25, 0.3) is 5.91 Å². The van der Waals surface area contributed by atoms with Crippen LogP contribution in [0.4, 0.5) is 13.2 Å². The molecule has 130 valence electrons. The predicted molar refractivity (Wildman–Crippen MR) is 81.6 cm³/mol. The van der Waals surface area contributed by atoms with Crippen LogP contribution in [0.15, 0.2) is 48.5 Å². The van der Waals surface area contributed by atoms with Crippen LogP contribution in [0.5, 0.6) is 11.5 Å². The standard InChI is InChI=1S/C17H13F3N2O3/c18-17(19,20)25-15-4-2-1-3-13(15)10-22-16(23)11-24-14-7-5-12(9-21)6-8-14/h1-8H,10-11H2,(H,22,23). The second-order valence-corrected chi connectivity index (χ2v) is 4.86. The van der Waals surface area contributed by atoms with Crippen LogP contribution < -0.4 is 14.8 Å². The number of rotatable bonds is 6. The molecule has 0 bridgehead atoms. The fourth-order valence-corrected chi connectivity index (χ4v) is 1.89. The van der Waals surface area contributed by atoms with E-state index in [-0.39, 0.29) is 24.5 Å². The molecule has 2 rings (SSSR count). The van der Waals surface area contributed by atoms with Crippen molar-refractivity contribution >= 4 is 5.91 Å². The van der Waals surface area contributed by atoms with Crippen LogP contribution in [-0.2, 0) is 11.3 Å². The van der Waals surface area contributed by atoms with Gasteiger partial charge in [0.05, 0.1) is 11.6 Å². The van der Waals surface area contributed by atoms with E-state index in [1.165, 1.54) is 48.5 Å². The predicted octanol–water partition coefficient (Wildman–Crippen LogP) is 3.15. The quantitative estimate of drug-likeness (QED) is 0.869. The van der Waals surface area contributed by atoms with Crippen LogP contribution in [0.2, 0.25) is 0 Å². The van der Waals surface area contributed by atoms with Crippen molar-refractivity contribution < 1.29 is 27.4 Å². The highest BCUT2D eigenvalue weighted by Gasteiger charge is 2.31. The normalized spacial score (nSPS) is 10.6. The molecule has 1 amide bonds. The topological polar surface area (TPSA) is 71.3 Å². The number of benzene rings is 2. The number of para-hydroxylation sites is 1. The highest BCUT2D eigenvalue weighted by Crippen LogP contribution is 2.26. The summed E-state index contributed by atoms with van der Waals surface area (Å²) in [7, 11) is 0. The first-order chi connectivity index (χ1) is 11.9. The van der Waals surface area contributed by atoms with Gasteiger partial charge in [0.1, 0.15) is 11.5 Å². The zero-order valence-electron chi connectivity index (χ0n) is 12.8. The Bertz CT molecular complexity index is 768. The zero-order chi connectivity index (χ0) is 18.3. The van der Waals surface area contributed by atoms with Gasteiger partial charge in [0.2, 0.25) is 0 Å². The second kappa shape index (κ2) is 8.06. The molecule has 0 aliphatic rings. The fourth-order valence-electron chi connectivity index (χ4n) is 1.89. The first-order valence-corrected chi connectivity index (χ1v) is 7.11. The maximum absolute atomic E-state index is 12.3. The first kappa shape index (κ1) is 18.1. The Labute approximate surface area is 141 Å². The summed E-state index contributed by atoms with van der Waals surface area (Å²) in [6.07, 6.45) is -4.81. The minimum absolute atomic E-state index is 0.137. The summed E-state index contributed by atoms with van der Waals surface area (Å²) < 4.78 is 46.1. The van der Waals surface area contributed by atoms with Crippen molar-refractivity contribution in [2.45, 2.75) is 12.9 Å². The van der Waals surface area contributed by atoms with E-state index < -0.39 is 12.3 Å². The summed E-state index contributed by atoms with van der Waals surface area (Å²) in [5.74, 6) is -0.482. The van der Waals surface area contributed by atoms with Gasteiger partial charge in [-0.3, -0.25) is 4.79 Å². The molecular formula is C17H13F3N2O3. The highest BCUT2D eigenvalue weighted by molar-refractivity contribution is 5.77. The lowest BCUT2D eigenvalue weighted by molar-refractivity contribution is -0.274. The second-order valence-electron chi connectivity index (χ2n) is 4.86. The van der Waals surface area contributed by atoms with Crippen molar-refractivity contribution in [3.05, 3.63) is 59.7 Å². The third-order valence-electron chi connectivity index (χ3n) is 3.03. The number of nitriles is 1. The Hall–Kier alpha value is -3.21. The SMILES string of the molecule is N#Cc1ccc(OCC(=O)NCc2ccccc2OC(F)(F)F)cc1. The molecule has 0 saturated heterocycles. The summed E-state index contributed by atoms with van der Waals surface area (Å²) in [6, 6.07) is 13.6. The molecule has 0 spiro atoms. The molecule has 2 aromatic carbocycles. The van der Waals surface area contributed by atoms with Crippen LogP contribution in [0.1, 0.15) is 11.1 Å². The summed E-state index contributed by atoms with van der Waals surface area (Å²) in [5, 5.41) is 11.1. The number of halogens is 3. The van der Waals surface area contributed by atoms with Gasteiger partial charge in [-0.05, 0) is 30.3 Å². The van der Waals surface area contributed by atoms with Crippen molar-refractivity contribution in [1.82, 2.24) is 5.32 Å². The minimum Gasteiger partial charge on any atom is -0.484 e. The number of carbonyl (C=O) groups is 1. The van der Waals surface area contributed by atoms with E-state index in [0.717, 1.165) is 0 Å². The van der Waals surface area contributed by atoms with E-state index in [0.29, 0.717) is 11.3 Å². The maximum Gasteiger partial charge on any atom is 0.573 e. The Morgan fingerprint density at radius 3 is 2.44 bits per heavy atom. The van der Waals surface area contributed by atoms with Gasteiger partial charge < -0.3 is 14.8 Å².